The van der Waals surface area contributed by atoms with Crippen LogP contribution in [-0.4, -0.2) is 26.2 Å². The molecule has 0 spiro atoms. The first kappa shape index (κ1) is 19.6. The van der Waals surface area contributed by atoms with Crippen molar-refractivity contribution < 1.29 is 19.0 Å². The van der Waals surface area contributed by atoms with Crippen molar-refractivity contribution in [1.29, 1.82) is 0 Å². The van der Waals surface area contributed by atoms with Crippen molar-refractivity contribution >= 4 is 5.91 Å². The summed E-state index contributed by atoms with van der Waals surface area (Å²) in [6.45, 7) is 5.18. The van der Waals surface area contributed by atoms with E-state index in [1.165, 1.54) is 0 Å². The highest BCUT2D eigenvalue weighted by Gasteiger charge is 2.08. The molecule has 0 aliphatic rings. The molecule has 140 valence electrons. The molecule has 2 aromatic rings. The zero-order valence-corrected chi connectivity index (χ0v) is 15.7. The molecule has 26 heavy (non-hydrogen) atoms. The van der Waals surface area contributed by atoms with Crippen molar-refractivity contribution in [2.75, 3.05) is 20.3 Å². The monoisotopic (exact) mass is 357 g/mol. The van der Waals surface area contributed by atoms with E-state index in [0.29, 0.717) is 24.7 Å². The summed E-state index contributed by atoms with van der Waals surface area (Å²) in [5, 5.41) is 2.84. The summed E-state index contributed by atoms with van der Waals surface area (Å²) in [6, 6.07) is 13.3. The number of carbonyl (C=O) groups is 1. The highest BCUT2D eigenvalue weighted by molar-refractivity contribution is 5.77. The second kappa shape index (κ2) is 10.3. The Bertz CT molecular complexity index is 698. The second-order valence-electron chi connectivity index (χ2n) is 6.07. The molecule has 0 atom stereocenters. The predicted molar refractivity (Wildman–Crippen MR) is 102 cm³/mol. The Morgan fingerprint density at radius 3 is 2.50 bits per heavy atom. The van der Waals surface area contributed by atoms with E-state index in [2.05, 4.69) is 12.2 Å². The largest absolute Gasteiger partial charge is 0.493 e. The van der Waals surface area contributed by atoms with Crippen molar-refractivity contribution in [3.05, 3.63) is 53.6 Å². The zero-order valence-electron chi connectivity index (χ0n) is 15.7. The van der Waals surface area contributed by atoms with Crippen LogP contribution in [0.1, 0.15) is 30.9 Å². The number of benzene rings is 2. The third kappa shape index (κ3) is 6.31. The average Bonchev–Trinajstić information content (AvgIpc) is 2.66. The molecule has 2 rings (SSSR count). The number of unbranched alkanes of at least 4 members (excludes halogenated alkanes) is 1. The van der Waals surface area contributed by atoms with Crippen molar-refractivity contribution in [3.8, 4) is 17.2 Å². The minimum Gasteiger partial charge on any atom is -0.493 e. The van der Waals surface area contributed by atoms with Crippen molar-refractivity contribution in [2.24, 2.45) is 0 Å². The van der Waals surface area contributed by atoms with Crippen LogP contribution in [0.15, 0.2) is 42.5 Å². The fourth-order valence-electron chi connectivity index (χ4n) is 2.30. The molecule has 0 aromatic heterocycles. The van der Waals surface area contributed by atoms with Gasteiger partial charge in [0.15, 0.2) is 18.1 Å². The molecule has 2 aromatic carbocycles. The first-order valence-corrected chi connectivity index (χ1v) is 8.88. The minimum atomic E-state index is -0.173. The van der Waals surface area contributed by atoms with E-state index in [1.54, 1.807) is 7.11 Å². The summed E-state index contributed by atoms with van der Waals surface area (Å²) >= 11 is 0. The van der Waals surface area contributed by atoms with Crippen LogP contribution in [0, 0.1) is 6.92 Å². The third-order valence-electron chi connectivity index (χ3n) is 3.86. The van der Waals surface area contributed by atoms with Crippen LogP contribution in [0.5, 0.6) is 17.2 Å². The Kier molecular flexibility index (Phi) is 7.80. The normalized spacial score (nSPS) is 10.3. The first-order valence-electron chi connectivity index (χ1n) is 8.88. The molecular weight excluding hydrogens is 330 g/mol. The van der Waals surface area contributed by atoms with Crippen molar-refractivity contribution in [1.82, 2.24) is 5.32 Å². The lowest BCUT2D eigenvalue weighted by molar-refractivity contribution is -0.123. The van der Waals surface area contributed by atoms with E-state index in [0.717, 1.165) is 29.7 Å². The lowest BCUT2D eigenvalue weighted by Crippen LogP contribution is -2.28. The van der Waals surface area contributed by atoms with Crippen LogP contribution >= 0.6 is 0 Å². The smallest absolute Gasteiger partial charge is 0.258 e. The van der Waals surface area contributed by atoms with E-state index >= 15 is 0 Å². The van der Waals surface area contributed by atoms with Crippen LogP contribution in [0.2, 0.25) is 0 Å². The lowest BCUT2D eigenvalue weighted by Gasteiger charge is -2.12. The average molecular weight is 357 g/mol. The van der Waals surface area contributed by atoms with E-state index in [9.17, 15) is 4.79 Å². The summed E-state index contributed by atoms with van der Waals surface area (Å²) in [6.07, 6.45) is 2.08. The molecule has 0 bridgehead atoms. The van der Waals surface area contributed by atoms with Crippen LogP contribution < -0.4 is 19.5 Å². The highest BCUT2D eigenvalue weighted by atomic mass is 16.5. The molecule has 0 radical (unpaired) electrons. The lowest BCUT2D eigenvalue weighted by atomic mass is 10.2. The highest BCUT2D eigenvalue weighted by Crippen LogP contribution is 2.28. The van der Waals surface area contributed by atoms with Crippen LogP contribution in [-0.2, 0) is 11.3 Å². The molecule has 0 fully saturated rings. The third-order valence-corrected chi connectivity index (χ3v) is 3.86. The van der Waals surface area contributed by atoms with Gasteiger partial charge in [0.1, 0.15) is 5.75 Å². The van der Waals surface area contributed by atoms with Gasteiger partial charge in [0.05, 0.1) is 13.7 Å². The minimum absolute atomic E-state index is 0.0155. The molecule has 0 aliphatic carbocycles. The quantitative estimate of drug-likeness (QED) is 0.656. The Morgan fingerprint density at radius 2 is 1.81 bits per heavy atom. The van der Waals surface area contributed by atoms with E-state index in [-0.39, 0.29) is 12.5 Å². The fourth-order valence-corrected chi connectivity index (χ4v) is 2.30. The van der Waals surface area contributed by atoms with E-state index < -0.39 is 0 Å². The van der Waals surface area contributed by atoms with Crippen molar-refractivity contribution in [2.45, 2.75) is 33.2 Å². The molecule has 0 aliphatic heterocycles. The van der Waals surface area contributed by atoms with Gasteiger partial charge < -0.3 is 19.5 Å². The molecule has 0 saturated carbocycles. The number of nitrogens with one attached hydrogen (secondary N) is 1. The molecule has 5 nitrogen and oxygen atoms in total. The van der Waals surface area contributed by atoms with Gasteiger partial charge in [0.2, 0.25) is 0 Å². The Hall–Kier alpha value is -2.69. The van der Waals surface area contributed by atoms with Crippen molar-refractivity contribution in [3.63, 3.8) is 0 Å². The Labute approximate surface area is 155 Å². The van der Waals surface area contributed by atoms with Gasteiger partial charge in [-0.25, -0.2) is 0 Å². The molecule has 5 heteroatoms. The molecule has 0 saturated heterocycles. The van der Waals surface area contributed by atoms with Gasteiger partial charge in [-0.3, -0.25) is 4.79 Å². The maximum absolute atomic E-state index is 12.0. The maximum Gasteiger partial charge on any atom is 0.258 e. The molecule has 1 N–H and O–H groups in total. The van der Waals surface area contributed by atoms with Crippen LogP contribution in [0.25, 0.3) is 0 Å². The van der Waals surface area contributed by atoms with E-state index in [1.807, 2.05) is 49.4 Å². The Balaban J connectivity index is 1.82. The summed E-state index contributed by atoms with van der Waals surface area (Å²) in [4.78, 5) is 12.0. The van der Waals surface area contributed by atoms with Gasteiger partial charge in [-0.15, -0.1) is 0 Å². The number of hydrogen-bond acceptors (Lipinski definition) is 4. The predicted octanol–water partition coefficient (Wildman–Crippen LogP) is 3.88. The summed E-state index contributed by atoms with van der Waals surface area (Å²) in [7, 11) is 1.61. The molecular formula is C21H27NO4. The Morgan fingerprint density at radius 1 is 1.04 bits per heavy atom. The summed E-state index contributed by atoms with van der Waals surface area (Å²) in [5.41, 5.74) is 2.09. The maximum atomic E-state index is 12.0. The van der Waals surface area contributed by atoms with Gasteiger partial charge in [0.25, 0.3) is 5.91 Å². The zero-order chi connectivity index (χ0) is 18.8. The first-order chi connectivity index (χ1) is 12.6. The van der Waals surface area contributed by atoms with Gasteiger partial charge >= 0.3 is 0 Å². The second-order valence-corrected chi connectivity index (χ2v) is 6.07. The number of rotatable bonds is 10. The van der Waals surface area contributed by atoms with E-state index in [4.69, 9.17) is 14.2 Å². The van der Waals surface area contributed by atoms with Crippen LogP contribution in [0.4, 0.5) is 0 Å². The standard InChI is InChI=1S/C21H27NO4/c1-4-5-12-25-19-11-8-17(13-20(19)24-3)14-22-21(23)15-26-18-9-6-16(2)7-10-18/h6-11,13H,4-5,12,14-15H2,1-3H3,(H,22,23). The summed E-state index contributed by atoms with van der Waals surface area (Å²) < 4.78 is 16.6. The van der Waals surface area contributed by atoms with Gasteiger partial charge in [-0.1, -0.05) is 37.1 Å². The van der Waals surface area contributed by atoms with Gasteiger partial charge in [-0.2, -0.15) is 0 Å². The number of methoxy groups -OCH3 is 1. The molecule has 0 unspecified atom stereocenters. The van der Waals surface area contributed by atoms with Gasteiger partial charge in [0, 0.05) is 6.54 Å². The number of carbonyl (C=O) groups excluding carboxylic acids is 1. The molecule has 0 heterocycles. The number of hydrogen-bond donors (Lipinski definition) is 1. The van der Waals surface area contributed by atoms with Crippen LogP contribution in [0.3, 0.4) is 0 Å². The number of aryl methyl sites for hydroxylation is 1. The number of ether oxygens (including phenoxy) is 3. The summed E-state index contributed by atoms with van der Waals surface area (Å²) in [5.74, 6) is 1.90. The SMILES string of the molecule is CCCCOc1ccc(CNC(=O)COc2ccc(C)cc2)cc1OC. The number of amides is 1. The fraction of sp³-hybridized carbons (Fsp3) is 0.381. The molecule has 1 amide bonds. The topological polar surface area (TPSA) is 56.8 Å². The van der Waals surface area contributed by atoms with Gasteiger partial charge in [-0.05, 0) is 43.2 Å².